The summed E-state index contributed by atoms with van der Waals surface area (Å²) in [6.45, 7) is 4.67. The SMILES string of the molecule is CCCCOc1ccc(-c2cc(C(=O)O)c3cc(C)ccc3n2)cc1OC. The van der Waals surface area contributed by atoms with Crippen LogP contribution in [-0.4, -0.2) is 29.8 Å². The number of aryl methyl sites for hydroxylation is 1. The number of aromatic carboxylic acids is 1. The number of rotatable bonds is 7. The van der Waals surface area contributed by atoms with E-state index in [9.17, 15) is 9.90 Å². The molecule has 27 heavy (non-hydrogen) atoms. The van der Waals surface area contributed by atoms with Crippen LogP contribution in [0, 0.1) is 6.92 Å². The lowest BCUT2D eigenvalue weighted by molar-refractivity contribution is 0.0699. The second-order valence-corrected chi connectivity index (χ2v) is 6.45. The number of pyridine rings is 1. The lowest BCUT2D eigenvalue weighted by atomic mass is 10.0. The third kappa shape index (κ3) is 4.03. The first-order chi connectivity index (χ1) is 13.0. The molecular formula is C22H23NO4. The molecule has 0 fully saturated rings. The molecule has 0 atom stereocenters. The molecule has 5 heteroatoms. The van der Waals surface area contributed by atoms with E-state index >= 15 is 0 Å². The van der Waals surface area contributed by atoms with Crippen molar-refractivity contribution in [1.82, 2.24) is 4.98 Å². The molecule has 0 spiro atoms. The third-order valence-electron chi connectivity index (χ3n) is 4.41. The first-order valence-electron chi connectivity index (χ1n) is 8.99. The monoisotopic (exact) mass is 365 g/mol. The molecule has 0 amide bonds. The first-order valence-corrected chi connectivity index (χ1v) is 8.99. The smallest absolute Gasteiger partial charge is 0.336 e. The molecule has 1 N–H and O–H groups in total. The topological polar surface area (TPSA) is 68.7 Å². The second kappa shape index (κ2) is 8.08. The maximum Gasteiger partial charge on any atom is 0.336 e. The van der Waals surface area contributed by atoms with Gasteiger partial charge in [-0.15, -0.1) is 0 Å². The van der Waals surface area contributed by atoms with Gasteiger partial charge in [-0.2, -0.15) is 0 Å². The number of nitrogens with zero attached hydrogens (tertiary/aromatic N) is 1. The average molecular weight is 365 g/mol. The Labute approximate surface area is 158 Å². The van der Waals surface area contributed by atoms with E-state index in [1.54, 1.807) is 13.2 Å². The van der Waals surface area contributed by atoms with Crippen LogP contribution in [-0.2, 0) is 0 Å². The molecular weight excluding hydrogens is 342 g/mol. The van der Waals surface area contributed by atoms with Crippen molar-refractivity contribution in [2.75, 3.05) is 13.7 Å². The number of unbranched alkanes of at least 4 members (excludes halogenated alkanes) is 1. The van der Waals surface area contributed by atoms with Gasteiger partial charge in [0.05, 0.1) is 30.5 Å². The number of hydrogen-bond acceptors (Lipinski definition) is 4. The highest BCUT2D eigenvalue weighted by molar-refractivity contribution is 6.04. The molecule has 5 nitrogen and oxygen atoms in total. The van der Waals surface area contributed by atoms with Crippen LogP contribution in [0.25, 0.3) is 22.2 Å². The van der Waals surface area contributed by atoms with Gasteiger partial charge in [0, 0.05) is 10.9 Å². The van der Waals surface area contributed by atoms with Crippen molar-refractivity contribution >= 4 is 16.9 Å². The van der Waals surface area contributed by atoms with Crippen LogP contribution >= 0.6 is 0 Å². The molecule has 3 aromatic rings. The minimum atomic E-state index is -0.972. The van der Waals surface area contributed by atoms with E-state index < -0.39 is 5.97 Å². The molecule has 0 unspecified atom stereocenters. The molecule has 0 saturated carbocycles. The highest BCUT2D eigenvalue weighted by Gasteiger charge is 2.15. The van der Waals surface area contributed by atoms with Crippen LogP contribution in [0.15, 0.2) is 42.5 Å². The van der Waals surface area contributed by atoms with Gasteiger partial charge in [-0.25, -0.2) is 9.78 Å². The van der Waals surface area contributed by atoms with Crippen molar-refractivity contribution < 1.29 is 19.4 Å². The van der Waals surface area contributed by atoms with Crippen LogP contribution in [0.1, 0.15) is 35.7 Å². The fourth-order valence-electron chi connectivity index (χ4n) is 2.94. The summed E-state index contributed by atoms with van der Waals surface area (Å²) in [5.41, 5.74) is 3.25. The molecule has 0 aliphatic carbocycles. The summed E-state index contributed by atoms with van der Waals surface area (Å²) in [6.07, 6.45) is 2.03. The Morgan fingerprint density at radius 2 is 1.93 bits per heavy atom. The number of benzene rings is 2. The molecule has 2 aromatic carbocycles. The first kappa shape index (κ1) is 18.7. The highest BCUT2D eigenvalue weighted by Crippen LogP contribution is 2.33. The van der Waals surface area contributed by atoms with E-state index in [0.29, 0.717) is 34.7 Å². The lowest BCUT2D eigenvalue weighted by Gasteiger charge is -2.13. The Balaban J connectivity index is 2.06. The Hall–Kier alpha value is -3.08. The van der Waals surface area contributed by atoms with Gasteiger partial charge in [0.1, 0.15) is 0 Å². The molecule has 1 heterocycles. The summed E-state index contributed by atoms with van der Waals surface area (Å²) in [5.74, 6) is 0.302. The number of carboxylic acids is 1. The van der Waals surface area contributed by atoms with Gasteiger partial charge in [0.15, 0.2) is 11.5 Å². The van der Waals surface area contributed by atoms with Crippen molar-refractivity contribution in [3.8, 4) is 22.8 Å². The largest absolute Gasteiger partial charge is 0.493 e. The van der Waals surface area contributed by atoms with Gasteiger partial charge in [-0.05, 0) is 49.7 Å². The predicted molar refractivity (Wildman–Crippen MR) is 106 cm³/mol. The van der Waals surface area contributed by atoms with Crippen LogP contribution in [0.4, 0.5) is 0 Å². The van der Waals surface area contributed by atoms with E-state index in [1.807, 2.05) is 43.3 Å². The van der Waals surface area contributed by atoms with Gasteiger partial charge in [-0.3, -0.25) is 0 Å². The van der Waals surface area contributed by atoms with E-state index in [0.717, 1.165) is 24.0 Å². The van der Waals surface area contributed by atoms with Crippen molar-refractivity contribution in [1.29, 1.82) is 0 Å². The Kier molecular flexibility index (Phi) is 5.60. The number of carbonyl (C=O) groups is 1. The highest BCUT2D eigenvalue weighted by atomic mass is 16.5. The number of ether oxygens (including phenoxy) is 2. The second-order valence-electron chi connectivity index (χ2n) is 6.45. The van der Waals surface area contributed by atoms with E-state index in [2.05, 4.69) is 11.9 Å². The van der Waals surface area contributed by atoms with Gasteiger partial charge in [0.2, 0.25) is 0 Å². The number of carboxylic acid groups (broad SMARTS) is 1. The van der Waals surface area contributed by atoms with E-state index in [1.165, 1.54) is 0 Å². The molecule has 0 saturated heterocycles. The van der Waals surface area contributed by atoms with Gasteiger partial charge >= 0.3 is 5.97 Å². The number of hydrogen-bond donors (Lipinski definition) is 1. The summed E-state index contributed by atoms with van der Waals surface area (Å²) in [7, 11) is 1.59. The summed E-state index contributed by atoms with van der Waals surface area (Å²) >= 11 is 0. The molecule has 0 aliphatic heterocycles. The van der Waals surface area contributed by atoms with E-state index in [-0.39, 0.29) is 5.56 Å². The molecule has 3 rings (SSSR count). The zero-order valence-corrected chi connectivity index (χ0v) is 15.8. The maximum absolute atomic E-state index is 11.8. The summed E-state index contributed by atoms with van der Waals surface area (Å²) in [6, 6.07) is 12.8. The van der Waals surface area contributed by atoms with Crippen molar-refractivity contribution in [3.63, 3.8) is 0 Å². The zero-order chi connectivity index (χ0) is 19.4. The Bertz CT molecular complexity index is 981. The van der Waals surface area contributed by atoms with Gasteiger partial charge in [0.25, 0.3) is 0 Å². The quantitative estimate of drug-likeness (QED) is 0.590. The average Bonchev–Trinajstić information content (AvgIpc) is 2.67. The van der Waals surface area contributed by atoms with Crippen molar-refractivity contribution in [3.05, 3.63) is 53.6 Å². The normalized spacial score (nSPS) is 10.8. The van der Waals surface area contributed by atoms with Crippen molar-refractivity contribution in [2.45, 2.75) is 26.7 Å². The van der Waals surface area contributed by atoms with Crippen LogP contribution < -0.4 is 9.47 Å². The Morgan fingerprint density at radius 1 is 1.11 bits per heavy atom. The fourth-order valence-corrected chi connectivity index (χ4v) is 2.94. The number of fused-ring (bicyclic) bond motifs is 1. The summed E-state index contributed by atoms with van der Waals surface area (Å²) in [5, 5.41) is 10.3. The van der Waals surface area contributed by atoms with E-state index in [4.69, 9.17) is 9.47 Å². The van der Waals surface area contributed by atoms with Gasteiger partial charge < -0.3 is 14.6 Å². The third-order valence-corrected chi connectivity index (χ3v) is 4.41. The summed E-state index contributed by atoms with van der Waals surface area (Å²) < 4.78 is 11.2. The lowest BCUT2D eigenvalue weighted by Crippen LogP contribution is -2.01. The predicted octanol–water partition coefficient (Wildman–Crippen LogP) is 5.10. The minimum absolute atomic E-state index is 0.237. The fraction of sp³-hybridized carbons (Fsp3) is 0.273. The van der Waals surface area contributed by atoms with Crippen molar-refractivity contribution in [2.24, 2.45) is 0 Å². The number of methoxy groups -OCH3 is 1. The maximum atomic E-state index is 11.8. The Morgan fingerprint density at radius 3 is 2.63 bits per heavy atom. The van der Waals surface area contributed by atoms with Crippen LogP contribution in [0.5, 0.6) is 11.5 Å². The summed E-state index contributed by atoms with van der Waals surface area (Å²) in [4.78, 5) is 16.4. The zero-order valence-electron chi connectivity index (χ0n) is 15.8. The standard InChI is InChI=1S/C22H23NO4/c1-4-5-10-27-20-9-7-15(12-21(20)26-3)19-13-17(22(24)25)16-11-14(2)6-8-18(16)23-19/h6-9,11-13H,4-5,10H2,1-3H3,(H,24,25). The van der Waals surface area contributed by atoms with Crippen LogP contribution in [0.2, 0.25) is 0 Å². The minimum Gasteiger partial charge on any atom is -0.493 e. The van der Waals surface area contributed by atoms with Crippen LogP contribution in [0.3, 0.4) is 0 Å². The molecule has 1 aromatic heterocycles. The molecule has 0 bridgehead atoms. The molecule has 0 aliphatic rings. The molecule has 0 radical (unpaired) electrons. The number of aromatic nitrogens is 1. The molecule has 140 valence electrons. The van der Waals surface area contributed by atoms with Gasteiger partial charge in [-0.1, -0.05) is 25.0 Å².